The summed E-state index contributed by atoms with van der Waals surface area (Å²) in [5, 5.41) is 3.63. The van der Waals surface area contributed by atoms with Crippen LogP contribution in [0.5, 0.6) is 0 Å². The largest absolute Gasteiger partial charge is 0.466 e. The average Bonchev–Trinajstić information content (AvgIpc) is 2.49. The first-order valence-corrected chi connectivity index (χ1v) is 4.78. The van der Waals surface area contributed by atoms with E-state index in [0.29, 0.717) is 29.8 Å². The lowest BCUT2D eigenvalue weighted by Gasteiger charge is -1.98. The van der Waals surface area contributed by atoms with Crippen LogP contribution in [0.3, 0.4) is 0 Å². The fourth-order valence-corrected chi connectivity index (χ4v) is 1.19. The molecule has 0 atom stereocenters. The summed E-state index contributed by atoms with van der Waals surface area (Å²) >= 11 is 3.15. The van der Waals surface area contributed by atoms with Crippen LogP contribution in [-0.4, -0.2) is 17.7 Å². The Hall–Kier alpha value is -0.840. The first-order valence-electron chi connectivity index (χ1n) is 3.99. The van der Waals surface area contributed by atoms with Crippen LogP contribution in [0.4, 0.5) is 0 Å². The van der Waals surface area contributed by atoms with Crippen LogP contribution >= 0.6 is 15.9 Å². The zero-order chi connectivity index (χ0) is 9.68. The summed E-state index contributed by atoms with van der Waals surface area (Å²) in [4.78, 5) is 10.9. The molecule has 1 rings (SSSR count). The molecule has 0 aliphatic rings. The maximum atomic E-state index is 10.9. The molecule has 72 valence electrons. The summed E-state index contributed by atoms with van der Waals surface area (Å²) in [7, 11) is 0. The highest BCUT2D eigenvalue weighted by atomic mass is 79.9. The molecule has 0 amide bonds. The zero-order valence-corrected chi connectivity index (χ0v) is 8.83. The number of carbonyl (C=O) groups is 1. The SMILES string of the molecule is CCOC(=O)CCc1cc(Br)no1. The molecular weight excluding hydrogens is 238 g/mol. The number of halogens is 1. The van der Waals surface area contributed by atoms with Gasteiger partial charge in [0.1, 0.15) is 10.4 Å². The van der Waals surface area contributed by atoms with Crippen molar-refractivity contribution in [2.24, 2.45) is 0 Å². The molecule has 0 bridgehead atoms. The van der Waals surface area contributed by atoms with Crippen molar-refractivity contribution in [1.82, 2.24) is 5.16 Å². The normalized spacial score (nSPS) is 10.0. The van der Waals surface area contributed by atoms with E-state index in [1.165, 1.54) is 0 Å². The third kappa shape index (κ3) is 3.59. The van der Waals surface area contributed by atoms with Crippen molar-refractivity contribution in [3.05, 3.63) is 16.4 Å². The van der Waals surface area contributed by atoms with E-state index in [2.05, 4.69) is 21.1 Å². The summed E-state index contributed by atoms with van der Waals surface area (Å²) in [6, 6.07) is 1.74. The predicted molar refractivity (Wildman–Crippen MR) is 49.2 cm³/mol. The number of carbonyl (C=O) groups excluding carboxylic acids is 1. The van der Waals surface area contributed by atoms with E-state index in [1.807, 2.05) is 0 Å². The summed E-state index contributed by atoms with van der Waals surface area (Å²) in [6.45, 7) is 2.20. The van der Waals surface area contributed by atoms with Crippen molar-refractivity contribution < 1.29 is 14.1 Å². The van der Waals surface area contributed by atoms with Crippen LogP contribution in [0, 0.1) is 0 Å². The number of aromatic nitrogens is 1. The molecule has 0 unspecified atom stereocenters. The lowest BCUT2D eigenvalue weighted by molar-refractivity contribution is -0.143. The number of ether oxygens (including phenoxy) is 1. The molecule has 0 aliphatic heterocycles. The van der Waals surface area contributed by atoms with E-state index < -0.39 is 0 Å². The van der Waals surface area contributed by atoms with Crippen LogP contribution in [0.25, 0.3) is 0 Å². The van der Waals surface area contributed by atoms with Gasteiger partial charge < -0.3 is 9.26 Å². The molecule has 0 fully saturated rings. The maximum Gasteiger partial charge on any atom is 0.306 e. The van der Waals surface area contributed by atoms with Gasteiger partial charge in [-0.15, -0.1) is 0 Å². The Morgan fingerprint density at radius 1 is 1.77 bits per heavy atom. The van der Waals surface area contributed by atoms with Crippen LogP contribution in [0.2, 0.25) is 0 Å². The van der Waals surface area contributed by atoms with Gasteiger partial charge in [-0.25, -0.2) is 0 Å². The minimum absolute atomic E-state index is 0.213. The highest BCUT2D eigenvalue weighted by molar-refractivity contribution is 9.10. The standard InChI is InChI=1S/C8H10BrNO3/c1-2-12-8(11)4-3-6-5-7(9)10-13-6/h5H,2-4H2,1H3. The number of hydrogen-bond donors (Lipinski definition) is 0. The van der Waals surface area contributed by atoms with Gasteiger partial charge >= 0.3 is 5.97 Å². The van der Waals surface area contributed by atoms with Crippen LogP contribution < -0.4 is 0 Å². The van der Waals surface area contributed by atoms with Crippen molar-refractivity contribution in [2.45, 2.75) is 19.8 Å². The topological polar surface area (TPSA) is 52.3 Å². The third-order valence-corrected chi connectivity index (χ3v) is 1.78. The molecule has 0 radical (unpaired) electrons. The molecule has 5 heteroatoms. The molecule has 0 aliphatic carbocycles. The van der Waals surface area contributed by atoms with Gasteiger partial charge in [0, 0.05) is 12.5 Å². The monoisotopic (exact) mass is 247 g/mol. The van der Waals surface area contributed by atoms with E-state index in [-0.39, 0.29) is 5.97 Å². The van der Waals surface area contributed by atoms with Gasteiger partial charge in [-0.2, -0.15) is 0 Å². The Morgan fingerprint density at radius 2 is 2.54 bits per heavy atom. The van der Waals surface area contributed by atoms with E-state index in [1.54, 1.807) is 13.0 Å². The van der Waals surface area contributed by atoms with Gasteiger partial charge in [-0.3, -0.25) is 4.79 Å². The van der Waals surface area contributed by atoms with Crippen LogP contribution in [-0.2, 0) is 16.0 Å². The van der Waals surface area contributed by atoms with E-state index in [4.69, 9.17) is 9.26 Å². The second-order valence-electron chi connectivity index (χ2n) is 2.42. The summed E-state index contributed by atoms with van der Waals surface area (Å²) in [5.74, 6) is 0.468. The molecule has 0 saturated heterocycles. The minimum Gasteiger partial charge on any atom is -0.466 e. The summed E-state index contributed by atoms with van der Waals surface area (Å²) in [5.41, 5.74) is 0. The van der Waals surface area contributed by atoms with Crippen molar-refractivity contribution in [3.63, 3.8) is 0 Å². The predicted octanol–water partition coefficient (Wildman–Crippen LogP) is 1.93. The van der Waals surface area contributed by atoms with Crippen molar-refractivity contribution >= 4 is 21.9 Å². The molecule has 0 N–H and O–H groups in total. The Balaban J connectivity index is 2.30. The van der Waals surface area contributed by atoms with E-state index in [0.717, 1.165) is 0 Å². The highest BCUT2D eigenvalue weighted by Crippen LogP contribution is 2.11. The van der Waals surface area contributed by atoms with Gasteiger partial charge in [0.2, 0.25) is 0 Å². The molecule has 1 aromatic rings. The van der Waals surface area contributed by atoms with Crippen molar-refractivity contribution in [2.75, 3.05) is 6.61 Å². The van der Waals surface area contributed by atoms with Gasteiger partial charge in [0.15, 0.2) is 0 Å². The summed E-state index contributed by atoms with van der Waals surface area (Å²) in [6.07, 6.45) is 0.854. The molecule has 13 heavy (non-hydrogen) atoms. The third-order valence-electron chi connectivity index (χ3n) is 1.41. The molecule has 1 heterocycles. The Labute approximate surface area is 84.4 Å². The quantitative estimate of drug-likeness (QED) is 0.764. The molecule has 0 aromatic carbocycles. The first-order chi connectivity index (χ1) is 6.22. The first kappa shape index (κ1) is 10.2. The van der Waals surface area contributed by atoms with Gasteiger partial charge in [0.05, 0.1) is 13.0 Å². The van der Waals surface area contributed by atoms with E-state index >= 15 is 0 Å². The number of hydrogen-bond acceptors (Lipinski definition) is 4. The minimum atomic E-state index is -0.213. The molecule has 1 aromatic heterocycles. The molecule has 0 saturated carbocycles. The van der Waals surface area contributed by atoms with Crippen LogP contribution in [0.15, 0.2) is 15.2 Å². The van der Waals surface area contributed by atoms with Crippen molar-refractivity contribution in [1.29, 1.82) is 0 Å². The highest BCUT2D eigenvalue weighted by Gasteiger charge is 2.06. The van der Waals surface area contributed by atoms with Gasteiger partial charge in [-0.1, -0.05) is 5.16 Å². The number of rotatable bonds is 4. The zero-order valence-electron chi connectivity index (χ0n) is 7.25. The maximum absolute atomic E-state index is 10.9. The van der Waals surface area contributed by atoms with Crippen LogP contribution in [0.1, 0.15) is 19.1 Å². The van der Waals surface area contributed by atoms with Crippen molar-refractivity contribution in [3.8, 4) is 0 Å². The van der Waals surface area contributed by atoms with Gasteiger partial charge in [-0.05, 0) is 22.9 Å². The number of nitrogens with zero attached hydrogens (tertiary/aromatic N) is 1. The lowest BCUT2D eigenvalue weighted by atomic mass is 10.2. The van der Waals surface area contributed by atoms with E-state index in [9.17, 15) is 4.79 Å². The second kappa shape index (κ2) is 5.01. The average molecular weight is 248 g/mol. The Kier molecular flexibility index (Phi) is 3.95. The summed E-state index contributed by atoms with van der Waals surface area (Å²) < 4.78 is 10.3. The fraction of sp³-hybridized carbons (Fsp3) is 0.500. The van der Waals surface area contributed by atoms with Gasteiger partial charge in [0.25, 0.3) is 0 Å². The fourth-order valence-electron chi connectivity index (χ4n) is 0.864. The number of aryl methyl sites for hydroxylation is 1. The Morgan fingerprint density at radius 3 is 3.08 bits per heavy atom. The molecular formula is C8H10BrNO3. The Bertz CT molecular complexity index is 285. The smallest absolute Gasteiger partial charge is 0.306 e. The lowest BCUT2D eigenvalue weighted by Crippen LogP contribution is -2.04. The molecule has 0 spiro atoms. The molecule has 4 nitrogen and oxygen atoms in total. The number of esters is 1. The second-order valence-corrected chi connectivity index (χ2v) is 3.23.